The molecular formula is C26H29N5O2S. The van der Waals surface area contributed by atoms with Gasteiger partial charge in [0.2, 0.25) is 5.91 Å². The van der Waals surface area contributed by atoms with Crippen molar-refractivity contribution in [3.8, 4) is 5.75 Å². The lowest BCUT2D eigenvalue weighted by Crippen LogP contribution is -2.30. The second-order valence-corrected chi connectivity index (χ2v) is 9.51. The van der Waals surface area contributed by atoms with E-state index in [0.29, 0.717) is 18.2 Å². The highest BCUT2D eigenvalue weighted by atomic mass is 32.2. The number of nitrogens with zero attached hydrogens (tertiary/aromatic N) is 3. The van der Waals surface area contributed by atoms with E-state index in [2.05, 4.69) is 56.3 Å². The first-order valence-corrected chi connectivity index (χ1v) is 12.7. The molecule has 1 amide bonds. The van der Waals surface area contributed by atoms with E-state index in [4.69, 9.17) is 4.74 Å². The average molecular weight is 476 g/mol. The van der Waals surface area contributed by atoms with Crippen LogP contribution in [0.15, 0.2) is 59.9 Å². The lowest BCUT2D eigenvalue weighted by Gasteiger charge is -2.18. The highest BCUT2D eigenvalue weighted by molar-refractivity contribution is 7.99. The number of benzene rings is 2. The molecule has 7 nitrogen and oxygen atoms in total. The summed E-state index contributed by atoms with van der Waals surface area (Å²) in [5.41, 5.74) is 3.37. The van der Waals surface area contributed by atoms with E-state index in [1.807, 2.05) is 30.5 Å². The third-order valence-electron chi connectivity index (χ3n) is 6.35. The number of nitrogens with one attached hydrogen (secondary N) is 2. The molecule has 2 aromatic heterocycles. The maximum atomic E-state index is 12.8. The van der Waals surface area contributed by atoms with Gasteiger partial charge in [-0.25, -0.2) is 0 Å². The van der Waals surface area contributed by atoms with E-state index in [1.165, 1.54) is 24.6 Å². The molecule has 2 N–H and O–H groups in total. The van der Waals surface area contributed by atoms with Crippen LogP contribution in [0.1, 0.15) is 48.6 Å². The number of carbonyl (C=O) groups excluding carboxylic acids is 1. The summed E-state index contributed by atoms with van der Waals surface area (Å²) in [6.45, 7) is 3.42. The van der Waals surface area contributed by atoms with Crippen molar-refractivity contribution in [2.24, 2.45) is 0 Å². The molecular weight excluding hydrogens is 446 g/mol. The molecule has 176 valence electrons. The third kappa shape index (κ3) is 4.68. The number of carbonyl (C=O) groups is 1. The van der Waals surface area contributed by atoms with Crippen LogP contribution < -0.4 is 10.1 Å². The molecule has 0 radical (unpaired) electrons. The van der Waals surface area contributed by atoms with Crippen molar-refractivity contribution in [2.45, 2.75) is 43.3 Å². The second kappa shape index (κ2) is 9.93. The minimum Gasteiger partial charge on any atom is -0.497 e. The van der Waals surface area contributed by atoms with Crippen LogP contribution in [-0.2, 0) is 11.3 Å². The first-order valence-electron chi connectivity index (χ1n) is 11.7. The Balaban J connectivity index is 1.30. The van der Waals surface area contributed by atoms with Crippen molar-refractivity contribution < 1.29 is 9.53 Å². The number of aromatic nitrogens is 4. The lowest BCUT2D eigenvalue weighted by molar-refractivity contribution is -0.118. The Morgan fingerprint density at radius 3 is 2.74 bits per heavy atom. The fourth-order valence-electron chi connectivity index (χ4n) is 4.37. The molecule has 8 heteroatoms. The second-order valence-electron chi connectivity index (χ2n) is 8.57. The maximum absolute atomic E-state index is 12.8. The topological polar surface area (TPSA) is 84.8 Å². The summed E-state index contributed by atoms with van der Waals surface area (Å²) < 4.78 is 7.47. The summed E-state index contributed by atoms with van der Waals surface area (Å²) in [4.78, 5) is 16.2. The minimum absolute atomic E-state index is 0.0109. The first kappa shape index (κ1) is 22.5. The third-order valence-corrected chi connectivity index (χ3v) is 7.32. The van der Waals surface area contributed by atoms with Gasteiger partial charge < -0.3 is 19.6 Å². The molecule has 0 aliphatic heterocycles. The molecule has 5 rings (SSSR count). The molecule has 0 bridgehead atoms. The lowest BCUT2D eigenvalue weighted by atomic mass is 9.91. The fourth-order valence-corrected chi connectivity index (χ4v) is 5.21. The summed E-state index contributed by atoms with van der Waals surface area (Å²) in [6, 6.07) is 16.3. The molecule has 1 atom stereocenters. The van der Waals surface area contributed by atoms with Gasteiger partial charge in [-0.05, 0) is 49.1 Å². The van der Waals surface area contributed by atoms with Gasteiger partial charge in [-0.2, -0.15) is 0 Å². The smallest absolute Gasteiger partial charge is 0.230 e. The van der Waals surface area contributed by atoms with Crippen LogP contribution in [0.2, 0.25) is 0 Å². The Morgan fingerprint density at radius 1 is 1.21 bits per heavy atom. The molecule has 2 aromatic carbocycles. The molecule has 0 saturated heterocycles. The van der Waals surface area contributed by atoms with Crippen molar-refractivity contribution in [3.63, 3.8) is 0 Å². The van der Waals surface area contributed by atoms with E-state index >= 15 is 0 Å². The quantitative estimate of drug-likeness (QED) is 0.325. The SMILES string of the molecule is CCn1c(SCC(=O)NC[C@@H](c2ccc(OC)cc2)c2c[nH]c3ccccc23)nnc1C1CC1. The number of hydrogen-bond acceptors (Lipinski definition) is 5. The van der Waals surface area contributed by atoms with Crippen molar-refractivity contribution in [3.05, 3.63) is 71.7 Å². The maximum Gasteiger partial charge on any atom is 0.230 e. The van der Waals surface area contributed by atoms with E-state index < -0.39 is 0 Å². The normalized spacial score (nSPS) is 14.3. The molecule has 1 aliphatic rings. The number of ether oxygens (including phenoxy) is 1. The van der Waals surface area contributed by atoms with Gasteiger partial charge in [-0.3, -0.25) is 4.79 Å². The van der Waals surface area contributed by atoms with E-state index in [1.54, 1.807) is 7.11 Å². The molecule has 0 unspecified atom stereocenters. The van der Waals surface area contributed by atoms with Crippen LogP contribution in [0.4, 0.5) is 0 Å². The van der Waals surface area contributed by atoms with Gasteiger partial charge >= 0.3 is 0 Å². The van der Waals surface area contributed by atoms with Gasteiger partial charge in [-0.15, -0.1) is 10.2 Å². The molecule has 0 spiro atoms. The minimum atomic E-state index is -0.0121. The van der Waals surface area contributed by atoms with Crippen LogP contribution >= 0.6 is 11.8 Å². The Hall–Kier alpha value is -3.26. The van der Waals surface area contributed by atoms with Crippen LogP contribution in [-0.4, -0.2) is 45.1 Å². The van der Waals surface area contributed by atoms with Crippen LogP contribution in [0.25, 0.3) is 10.9 Å². The van der Waals surface area contributed by atoms with Gasteiger partial charge in [0.1, 0.15) is 11.6 Å². The standard InChI is InChI=1S/C26H29N5O2S/c1-3-31-25(18-8-9-18)29-30-26(31)34-16-24(32)28-14-21(17-10-12-19(33-2)13-11-17)22-15-27-23-7-5-4-6-20(22)23/h4-7,10-13,15,18,21,27H,3,8-9,14,16H2,1-2H3,(H,28,32)/t21-/m0/s1. The highest BCUT2D eigenvalue weighted by Crippen LogP contribution is 2.40. The number of hydrogen-bond donors (Lipinski definition) is 2. The molecule has 4 aromatic rings. The summed E-state index contributed by atoms with van der Waals surface area (Å²) in [6.07, 6.45) is 4.41. The predicted molar refractivity (Wildman–Crippen MR) is 135 cm³/mol. The number of H-pyrrole nitrogens is 1. The van der Waals surface area contributed by atoms with Crippen LogP contribution in [0, 0.1) is 0 Å². The summed E-state index contributed by atoms with van der Waals surface area (Å²) in [7, 11) is 1.66. The average Bonchev–Trinajstić information content (AvgIpc) is 3.50. The van der Waals surface area contributed by atoms with Gasteiger partial charge in [0.25, 0.3) is 0 Å². The summed E-state index contributed by atoms with van der Waals surface area (Å²) >= 11 is 1.45. The number of fused-ring (bicyclic) bond motifs is 1. The number of rotatable bonds is 10. The van der Waals surface area contributed by atoms with Crippen LogP contribution in [0.5, 0.6) is 5.75 Å². The fraction of sp³-hybridized carbons (Fsp3) is 0.346. The monoisotopic (exact) mass is 475 g/mol. The first-order chi connectivity index (χ1) is 16.7. The Labute approximate surface area is 203 Å². The number of methoxy groups -OCH3 is 1. The zero-order valence-electron chi connectivity index (χ0n) is 19.5. The van der Waals surface area contributed by atoms with Crippen LogP contribution in [0.3, 0.4) is 0 Å². The number of amides is 1. The van der Waals surface area contributed by atoms with Gasteiger partial charge in [0, 0.05) is 42.0 Å². The zero-order valence-corrected chi connectivity index (χ0v) is 20.3. The van der Waals surface area contributed by atoms with Crippen molar-refractivity contribution in [2.75, 3.05) is 19.4 Å². The summed E-state index contributed by atoms with van der Waals surface area (Å²) in [5, 5.41) is 13.8. The highest BCUT2D eigenvalue weighted by Gasteiger charge is 2.30. The van der Waals surface area contributed by atoms with E-state index in [9.17, 15) is 4.79 Å². The summed E-state index contributed by atoms with van der Waals surface area (Å²) in [5.74, 6) is 2.72. The van der Waals surface area contributed by atoms with E-state index in [0.717, 1.165) is 45.3 Å². The van der Waals surface area contributed by atoms with Crippen molar-refractivity contribution in [1.82, 2.24) is 25.1 Å². The van der Waals surface area contributed by atoms with Gasteiger partial charge in [0.15, 0.2) is 5.16 Å². The molecule has 1 saturated carbocycles. The Kier molecular flexibility index (Phi) is 6.58. The Bertz CT molecular complexity index is 1280. The largest absolute Gasteiger partial charge is 0.497 e. The van der Waals surface area contributed by atoms with Crippen molar-refractivity contribution in [1.29, 1.82) is 0 Å². The predicted octanol–water partition coefficient (Wildman–Crippen LogP) is 4.71. The Morgan fingerprint density at radius 2 is 2.00 bits per heavy atom. The number of para-hydroxylation sites is 1. The molecule has 2 heterocycles. The van der Waals surface area contributed by atoms with Gasteiger partial charge in [0.05, 0.1) is 12.9 Å². The van der Waals surface area contributed by atoms with E-state index in [-0.39, 0.29) is 11.8 Å². The molecule has 34 heavy (non-hydrogen) atoms. The number of thioether (sulfide) groups is 1. The molecule has 1 fully saturated rings. The van der Waals surface area contributed by atoms with Crippen molar-refractivity contribution >= 4 is 28.6 Å². The number of aromatic amines is 1. The van der Waals surface area contributed by atoms with Gasteiger partial charge in [-0.1, -0.05) is 42.1 Å². The zero-order chi connectivity index (χ0) is 23.5. The molecule has 1 aliphatic carbocycles.